The molecule has 1 saturated carbocycles. The van der Waals surface area contributed by atoms with E-state index in [1.807, 2.05) is 42.7 Å². The zero-order valence-electron chi connectivity index (χ0n) is 17.1. The van der Waals surface area contributed by atoms with Crippen LogP contribution >= 0.6 is 0 Å². The van der Waals surface area contributed by atoms with Crippen molar-refractivity contribution in [3.05, 3.63) is 89.8 Å². The minimum absolute atomic E-state index is 0.155. The maximum absolute atomic E-state index is 13.2. The lowest BCUT2D eigenvalue weighted by Gasteiger charge is -2.52. The lowest BCUT2D eigenvalue weighted by Crippen LogP contribution is -2.58. The molecule has 2 aliphatic rings. The SMILES string of the molecule is OC1(c2nccn2Cc2ccccc2)[C@@H]2CCC[C@H]1CN(Cc1ccc(F)cc1)C2. The van der Waals surface area contributed by atoms with E-state index in [1.165, 1.54) is 17.7 Å². The maximum atomic E-state index is 13.2. The van der Waals surface area contributed by atoms with Gasteiger partial charge in [-0.25, -0.2) is 9.37 Å². The summed E-state index contributed by atoms with van der Waals surface area (Å²) in [6, 6.07) is 17.1. The highest BCUT2D eigenvalue weighted by Crippen LogP contribution is 2.48. The minimum Gasteiger partial charge on any atom is -0.381 e. The van der Waals surface area contributed by atoms with Crippen LogP contribution in [0.15, 0.2) is 67.0 Å². The Morgan fingerprint density at radius 1 is 0.933 bits per heavy atom. The molecule has 4 nitrogen and oxygen atoms in total. The van der Waals surface area contributed by atoms with Crippen LogP contribution in [0.3, 0.4) is 0 Å². The van der Waals surface area contributed by atoms with Crippen LogP contribution in [0.2, 0.25) is 0 Å². The summed E-state index contributed by atoms with van der Waals surface area (Å²) >= 11 is 0. The second-order valence-electron chi connectivity index (χ2n) is 8.83. The Morgan fingerprint density at radius 3 is 2.30 bits per heavy atom. The summed E-state index contributed by atoms with van der Waals surface area (Å²) in [5, 5.41) is 12.0. The van der Waals surface area contributed by atoms with Gasteiger partial charge in [0.1, 0.15) is 17.2 Å². The number of halogens is 1. The zero-order valence-corrected chi connectivity index (χ0v) is 17.1. The summed E-state index contributed by atoms with van der Waals surface area (Å²) < 4.78 is 15.4. The van der Waals surface area contributed by atoms with Crippen LogP contribution < -0.4 is 0 Å². The second kappa shape index (κ2) is 7.97. The summed E-state index contributed by atoms with van der Waals surface area (Å²) in [5.74, 6) is 0.918. The van der Waals surface area contributed by atoms with E-state index in [0.29, 0.717) is 0 Å². The molecule has 1 aliphatic heterocycles. The fraction of sp³-hybridized carbons (Fsp3) is 0.400. The lowest BCUT2D eigenvalue weighted by atomic mass is 9.65. The molecule has 2 aromatic carbocycles. The molecular weight excluding hydrogens is 377 g/mol. The predicted molar refractivity (Wildman–Crippen MR) is 114 cm³/mol. The first-order valence-corrected chi connectivity index (χ1v) is 10.9. The Hall–Kier alpha value is -2.50. The maximum Gasteiger partial charge on any atom is 0.141 e. The van der Waals surface area contributed by atoms with Gasteiger partial charge in [-0.15, -0.1) is 0 Å². The van der Waals surface area contributed by atoms with Crippen molar-refractivity contribution < 1.29 is 9.50 Å². The van der Waals surface area contributed by atoms with Crippen LogP contribution in [-0.4, -0.2) is 32.6 Å². The third-order valence-corrected chi connectivity index (χ3v) is 6.90. The number of hydrogen-bond acceptors (Lipinski definition) is 3. The van der Waals surface area contributed by atoms with Gasteiger partial charge in [0.15, 0.2) is 0 Å². The highest BCUT2D eigenvalue weighted by atomic mass is 19.1. The van der Waals surface area contributed by atoms with Crippen molar-refractivity contribution in [3.63, 3.8) is 0 Å². The Morgan fingerprint density at radius 2 is 1.60 bits per heavy atom. The van der Waals surface area contributed by atoms with Gasteiger partial charge in [0, 0.05) is 50.4 Å². The monoisotopic (exact) mass is 405 g/mol. The van der Waals surface area contributed by atoms with Crippen LogP contribution in [0.5, 0.6) is 0 Å². The summed E-state index contributed by atoms with van der Waals surface area (Å²) in [6.45, 7) is 3.18. The molecule has 2 fully saturated rings. The smallest absolute Gasteiger partial charge is 0.141 e. The zero-order chi connectivity index (χ0) is 20.6. The Labute approximate surface area is 177 Å². The van der Waals surface area contributed by atoms with Crippen LogP contribution in [0, 0.1) is 17.7 Å². The molecule has 2 bridgehead atoms. The third kappa shape index (κ3) is 3.57. The van der Waals surface area contributed by atoms with Crippen molar-refractivity contribution >= 4 is 0 Å². The molecular formula is C25H28FN3O. The summed E-state index contributed by atoms with van der Waals surface area (Å²) in [4.78, 5) is 7.08. The molecule has 3 atom stereocenters. The first-order valence-electron chi connectivity index (χ1n) is 10.9. The van der Waals surface area contributed by atoms with Gasteiger partial charge in [0.25, 0.3) is 0 Å². The van der Waals surface area contributed by atoms with Gasteiger partial charge in [-0.05, 0) is 36.1 Å². The van der Waals surface area contributed by atoms with Gasteiger partial charge < -0.3 is 9.67 Å². The first kappa shape index (κ1) is 19.5. The molecule has 30 heavy (non-hydrogen) atoms. The van der Waals surface area contributed by atoms with Gasteiger partial charge >= 0.3 is 0 Å². The molecule has 2 heterocycles. The van der Waals surface area contributed by atoms with Crippen LogP contribution in [-0.2, 0) is 18.7 Å². The van der Waals surface area contributed by atoms with Gasteiger partial charge in [-0.2, -0.15) is 0 Å². The molecule has 1 aliphatic carbocycles. The minimum atomic E-state index is -0.893. The number of aliphatic hydroxyl groups is 1. The van der Waals surface area contributed by atoms with Gasteiger partial charge in [0.2, 0.25) is 0 Å². The largest absolute Gasteiger partial charge is 0.381 e. The number of rotatable bonds is 5. The van der Waals surface area contributed by atoms with Crippen molar-refractivity contribution in [1.29, 1.82) is 0 Å². The number of piperidine rings is 1. The number of hydrogen-bond donors (Lipinski definition) is 1. The number of nitrogens with zero attached hydrogens (tertiary/aromatic N) is 3. The molecule has 0 spiro atoms. The number of likely N-dealkylation sites (tertiary alicyclic amines) is 1. The van der Waals surface area contributed by atoms with Crippen molar-refractivity contribution in [2.75, 3.05) is 13.1 Å². The summed E-state index contributed by atoms with van der Waals surface area (Å²) in [6.07, 6.45) is 6.97. The van der Waals surface area contributed by atoms with E-state index in [4.69, 9.17) is 0 Å². The van der Waals surface area contributed by atoms with E-state index in [0.717, 1.165) is 56.8 Å². The van der Waals surface area contributed by atoms with Crippen molar-refractivity contribution in [1.82, 2.24) is 14.5 Å². The average Bonchev–Trinajstić information content (AvgIpc) is 3.20. The Balaban J connectivity index is 1.39. The predicted octanol–water partition coefficient (Wildman–Crippen LogP) is 4.19. The molecule has 156 valence electrons. The van der Waals surface area contributed by atoms with Crippen LogP contribution in [0.25, 0.3) is 0 Å². The highest BCUT2D eigenvalue weighted by molar-refractivity contribution is 5.21. The highest BCUT2D eigenvalue weighted by Gasteiger charge is 2.53. The molecule has 1 aromatic heterocycles. The Bertz CT molecular complexity index is 971. The van der Waals surface area contributed by atoms with Crippen molar-refractivity contribution in [2.24, 2.45) is 11.8 Å². The normalized spacial score (nSPS) is 26.6. The molecule has 1 N–H and O–H groups in total. The van der Waals surface area contributed by atoms with Gasteiger partial charge in [-0.3, -0.25) is 4.90 Å². The standard InChI is InChI=1S/C25H28FN3O/c26-23-11-9-20(10-12-23)15-28-17-21-7-4-8-22(18-28)25(21,30)24-27-13-14-29(24)16-19-5-2-1-3-6-19/h1-3,5-6,9-14,21-22,30H,4,7-8,15-18H2/t21-,22+,25?. The fourth-order valence-electron chi connectivity index (χ4n) is 5.46. The van der Waals surface area contributed by atoms with Crippen molar-refractivity contribution in [2.45, 2.75) is 38.0 Å². The second-order valence-corrected chi connectivity index (χ2v) is 8.83. The van der Waals surface area contributed by atoms with Gasteiger partial charge in [0.05, 0.1) is 0 Å². The molecule has 0 amide bonds. The quantitative estimate of drug-likeness (QED) is 0.692. The molecule has 3 aromatic rings. The number of aromatic nitrogens is 2. The molecule has 5 heteroatoms. The summed E-state index contributed by atoms with van der Waals surface area (Å²) in [5.41, 5.74) is 1.43. The molecule has 5 rings (SSSR count). The van der Waals surface area contributed by atoms with Crippen molar-refractivity contribution in [3.8, 4) is 0 Å². The van der Waals surface area contributed by atoms with E-state index >= 15 is 0 Å². The van der Waals surface area contributed by atoms with E-state index in [-0.39, 0.29) is 17.7 Å². The number of benzene rings is 2. The third-order valence-electron chi connectivity index (χ3n) is 6.90. The number of imidazole rings is 1. The summed E-state index contributed by atoms with van der Waals surface area (Å²) in [7, 11) is 0. The fourth-order valence-corrected chi connectivity index (χ4v) is 5.46. The number of fused-ring (bicyclic) bond motifs is 2. The van der Waals surface area contributed by atoms with Crippen LogP contribution in [0.1, 0.15) is 36.2 Å². The lowest BCUT2D eigenvalue weighted by molar-refractivity contribution is -0.155. The molecule has 1 saturated heterocycles. The van der Waals surface area contributed by atoms with E-state index in [9.17, 15) is 9.50 Å². The van der Waals surface area contributed by atoms with E-state index in [2.05, 4.69) is 26.6 Å². The first-order chi connectivity index (χ1) is 14.6. The Kier molecular flexibility index (Phi) is 5.17. The molecule has 1 unspecified atom stereocenters. The topological polar surface area (TPSA) is 41.3 Å². The van der Waals surface area contributed by atoms with Crippen LogP contribution in [0.4, 0.5) is 4.39 Å². The van der Waals surface area contributed by atoms with E-state index in [1.54, 1.807) is 0 Å². The molecule has 0 radical (unpaired) electrons. The van der Waals surface area contributed by atoms with Gasteiger partial charge in [-0.1, -0.05) is 48.9 Å². The van der Waals surface area contributed by atoms with E-state index < -0.39 is 5.60 Å². The average molecular weight is 406 g/mol.